The minimum absolute atomic E-state index is 0.0773. The van der Waals surface area contributed by atoms with Gasteiger partial charge in [-0.05, 0) is 29.2 Å². The van der Waals surface area contributed by atoms with Gasteiger partial charge in [0.05, 0.1) is 11.8 Å². The van der Waals surface area contributed by atoms with Crippen LogP contribution < -0.4 is 0 Å². The van der Waals surface area contributed by atoms with Gasteiger partial charge in [-0.2, -0.15) is 0 Å². The van der Waals surface area contributed by atoms with Gasteiger partial charge in [0, 0.05) is 12.5 Å². The molecule has 0 aromatic heterocycles. The fraction of sp³-hybridized carbons (Fsp3) is 0.300. The Morgan fingerprint density at radius 2 is 1.50 bits per heavy atom. The van der Waals surface area contributed by atoms with Crippen molar-refractivity contribution in [2.24, 2.45) is 11.8 Å². The molecule has 120 valence electrons. The van der Waals surface area contributed by atoms with Gasteiger partial charge in [-0.3, -0.25) is 14.5 Å². The number of halogens is 1. The Morgan fingerprint density at radius 3 is 2.04 bits per heavy atom. The Labute approximate surface area is 145 Å². The molecular weight excluding hydrogens is 322 g/mol. The maximum atomic E-state index is 13.0. The topological polar surface area (TPSA) is 37.4 Å². The van der Waals surface area contributed by atoms with E-state index in [1.165, 1.54) is 4.90 Å². The van der Waals surface area contributed by atoms with Gasteiger partial charge in [-0.15, -0.1) is 11.6 Å². The predicted molar refractivity (Wildman–Crippen MR) is 90.7 cm³/mol. The molecule has 2 bridgehead atoms. The van der Waals surface area contributed by atoms with Crippen LogP contribution in [-0.2, 0) is 14.5 Å². The first-order valence-corrected chi connectivity index (χ1v) is 8.71. The SMILES string of the molecule is CCN1C(=O)[C@H]2C3c4ccccc4C(Cl)(c4ccccc43)[C@H]2C1=O. The van der Waals surface area contributed by atoms with E-state index in [4.69, 9.17) is 11.6 Å². The number of rotatable bonds is 1. The second-order valence-electron chi connectivity index (χ2n) is 6.79. The summed E-state index contributed by atoms with van der Waals surface area (Å²) in [6.45, 7) is 2.24. The van der Waals surface area contributed by atoms with Crippen molar-refractivity contribution in [3.05, 3.63) is 70.8 Å². The summed E-state index contributed by atoms with van der Waals surface area (Å²) in [5.41, 5.74) is 4.14. The lowest BCUT2D eigenvalue weighted by atomic mass is 9.54. The van der Waals surface area contributed by atoms with Crippen LogP contribution in [0.5, 0.6) is 0 Å². The molecule has 1 heterocycles. The number of hydrogen-bond donors (Lipinski definition) is 0. The summed E-state index contributed by atoms with van der Waals surface area (Å²) in [7, 11) is 0. The van der Waals surface area contributed by atoms with Crippen LogP contribution in [0.25, 0.3) is 0 Å². The summed E-state index contributed by atoms with van der Waals surface area (Å²) in [4.78, 5) is 26.4. The quantitative estimate of drug-likeness (QED) is 0.591. The lowest BCUT2D eigenvalue weighted by Crippen LogP contribution is -2.50. The van der Waals surface area contributed by atoms with Crippen molar-refractivity contribution in [3.8, 4) is 0 Å². The molecule has 1 aliphatic heterocycles. The second kappa shape index (κ2) is 4.48. The molecule has 4 aliphatic rings. The van der Waals surface area contributed by atoms with Crippen molar-refractivity contribution in [2.45, 2.75) is 17.7 Å². The predicted octanol–water partition coefficient (Wildman–Crippen LogP) is 3.25. The van der Waals surface area contributed by atoms with Gasteiger partial charge >= 0.3 is 0 Å². The lowest BCUT2D eigenvalue weighted by molar-refractivity contribution is -0.139. The van der Waals surface area contributed by atoms with Crippen LogP contribution in [0.2, 0.25) is 0 Å². The molecule has 2 amide bonds. The number of amides is 2. The zero-order valence-electron chi connectivity index (χ0n) is 13.2. The molecular formula is C20H16ClNO2. The molecule has 0 radical (unpaired) electrons. The first-order valence-electron chi connectivity index (χ1n) is 8.33. The highest BCUT2D eigenvalue weighted by molar-refractivity contribution is 6.30. The smallest absolute Gasteiger partial charge is 0.235 e. The van der Waals surface area contributed by atoms with Crippen molar-refractivity contribution >= 4 is 23.4 Å². The molecule has 2 aromatic carbocycles. The van der Waals surface area contributed by atoms with Crippen molar-refractivity contribution in [1.82, 2.24) is 4.90 Å². The van der Waals surface area contributed by atoms with Crippen molar-refractivity contribution in [1.29, 1.82) is 0 Å². The second-order valence-corrected chi connectivity index (χ2v) is 7.38. The van der Waals surface area contributed by atoms with Gasteiger partial charge < -0.3 is 0 Å². The molecule has 0 spiro atoms. The van der Waals surface area contributed by atoms with Crippen LogP contribution in [0.4, 0.5) is 0 Å². The first-order chi connectivity index (χ1) is 11.6. The third kappa shape index (κ3) is 1.37. The Balaban J connectivity index is 1.88. The summed E-state index contributed by atoms with van der Waals surface area (Å²) in [6.07, 6.45) is 0. The molecule has 0 unspecified atom stereocenters. The average molecular weight is 338 g/mol. The number of nitrogens with zero attached hydrogens (tertiary/aromatic N) is 1. The Kier molecular flexibility index (Phi) is 2.66. The third-order valence-electron chi connectivity index (χ3n) is 5.92. The lowest BCUT2D eigenvalue weighted by Gasteiger charge is -2.50. The molecule has 0 N–H and O–H groups in total. The van der Waals surface area contributed by atoms with Crippen molar-refractivity contribution in [3.63, 3.8) is 0 Å². The standard InChI is InChI=1S/C20H16ClNO2/c1-2-22-18(23)16-15-11-7-3-5-9-13(11)20(21,17(16)19(22)24)14-10-6-4-8-12(14)15/h3-10,15-17H,2H2,1H3/t15?,16-,17+,20?/m0/s1. The zero-order valence-corrected chi connectivity index (χ0v) is 14.0. The van der Waals surface area contributed by atoms with Crippen LogP contribution >= 0.6 is 11.6 Å². The number of imide groups is 1. The summed E-state index contributed by atoms with van der Waals surface area (Å²) in [5, 5.41) is 0. The Bertz CT molecular complexity index is 859. The molecule has 1 saturated heterocycles. The fourth-order valence-corrected chi connectivity index (χ4v) is 5.62. The molecule has 6 rings (SSSR count). The van der Waals surface area contributed by atoms with Crippen molar-refractivity contribution in [2.75, 3.05) is 6.54 Å². The number of likely N-dealkylation sites (tertiary alicyclic amines) is 1. The van der Waals surface area contributed by atoms with Gasteiger partial charge in [0.25, 0.3) is 0 Å². The normalized spacial score (nSPS) is 32.6. The van der Waals surface area contributed by atoms with Crippen LogP contribution in [0.3, 0.4) is 0 Å². The van der Waals surface area contributed by atoms with Gasteiger partial charge in [-0.1, -0.05) is 48.5 Å². The number of benzene rings is 2. The fourth-order valence-electron chi connectivity index (χ4n) is 5.05. The van der Waals surface area contributed by atoms with Gasteiger partial charge in [0.2, 0.25) is 11.8 Å². The van der Waals surface area contributed by atoms with E-state index < -0.39 is 10.8 Å². The Hall–Kier alpha value is -2.13. The van der Waals surface area contributed by atoms with Crippen molar-refractivity contribution < 1.29 is 9.59 Å². The molecule has 1 fully saturated rings. The number of carbonyl (C=O) groups is 2. The maximum absolute atomic E-state index is 13.0. The van der Waals surface area contributed by atoms with Gasteiger partial charge in [0.1, 0.15) is 4.87 Å². The molecule has 2 atom stereocenters. The van der Waals surface area contributed by atoms with Crippen LogP contribution in [0, 0.1) is 11.8 Å². The largest absolute Gasteiger partial charge is 0.282 e. The maximum Gasteiger partial charge on any atom is 0.235 e. The summed E-state index contributed by atoms with van der Waals surface area (Å²) in [5.74, 6) is -1.19. The molecule has 4 heteroatoms. The highest BCUT2D eigenvalue weighted by Gasteiger charge is 2.67. The monoisotopic (exact) mass is 337 g/mol. The Morgan fingerprint density at radius 1 is 0.958 bits per heavy atom. The van der Waals surface area contributed by atoms with E-state index in [1.807, 2.05) is 43.3 Å². The van der Waals surface area contributed by atoms with E-state index >= 15 is 0 Å². The van der Waals surface area contributed by atoms with E-state index in [2.05, 4.69) is 12.1 Å². The van der Waals surface area contributed by atoms with Gasteiger partial charge in [0.15, 0.2) is 0 Å². The van der Waals surface area contributed by atoms with Gasteiger partial charge in [-0.25, -0.2) is 0 Å². The highest BCUT2D eigenvalue weighted by Crippen LogP contribution is 2.65. The molecule has 24 heavy (non-hydrogen) atoms. The summed E-state index contributed by atoms with van der Waals surface area (Å²) < 4.78 is 0. The van der Waals surface area contributed by atoms with E-state index in [-0.39, 0.29) is 23.7 Å². The van der Waals surface area contributed by atoms with Crippen LogP contribution in [-0.4, -0.2) is 23.3 Å². The summed E-state index contributed by atoms with van der Waals surface area (Å²) in [6, 6.07) is 16.0. The number of alkyl halides is 1. The molecule has 0 saturated carbocycles. The number of carbonyl (C=O) groups excluding carboxylic acids is 2. The zero-order chi connectivity index (χ0) is 16.6. The first kappa shape index (κ1) is 14.2. The third-order valence-corrected chi connectivity index (χ3v) is 6.56. The van der Waals surface area contributed by atoms with E-state index in [0.29, 0.717) is 6.54 Å². The summed E-state index contributed by atoms with van der Waals surface area (Å²) >= 11 is 7.24. The molecule has 2 aromatic rings. The van der Waals surface area contributed by atoms with E-state index in [9.17, 15) is 9.59 Å². The van der Waals surface area contributed by atoms with E-state index in [1.54, 1.807) is 0 Å². The minimum atomic E-state index is -0.955. The number of hydrogen-bond acceptors (Lipinski definition) is 2. The molecule has 3 nitrogen and oxygen atoms in total. The average Bonchev–Trinajstić information content (AvgIpc) is 2.87. The van der Waals surface area contributed by atoms with Crippen LogP contribution in [0.15, 0.2) is 48.5 Å². The molecule has 3 aliphatic carbocycles. The highest BCUT2D eigenvalue weighted by atomic mass is 35.5. The minimum Gasteiger partial charge on any atom is -0.282 e. The van der Waals surface area contributed by atoms with Crippen LogP contribution in [0.1, 0.15) is 35.1 Å². The van der Waals surface area contributed by atoms with E-state index in [0.717, 1.165) is 22.3 Å².